The highest BCUT2D eigenvalue weighted by Gasteiger charge is 2.16. The number of aromatic amines is 1. The molecule has 0 aliphatic carbocycles. The van der Waals surface area contributed by atoms with Crippen LogP contribution >= 0.6 is 0 Å². The van der Waals surface area contributed by atoms with Gasteiger partial charge in [-0.05, 0) is 24.1 Å². The van der Waals surface area contributed by atoms with Crippen LogP contribution in [-0.4, -0.2) is 17.0 Å². The summed E-state index contributed by atoms with van der Waals surface area (Å²) in [5, 5.41) is 0. The van der Waals surface area contributed by atoms with E-state index in [0.29, 0.717) is 12.4 Å². The van der Waals surface area contributed by atoms with Gasteiger partial charge >= 0.3 is 0 Å². The maximum atomic E-state index is 11.6. The number of H-pyrrole nitrogens is 1. The van der Waals surface area contributed by atoms with Gasteiger partial charge in [0.05, 0.1) is 5.69 Å². The number of rotatable bonds is 4. The summed E-state index contributed by atoms with van der Waals surface area (Å²) >= 11 is 0. The molecule has 1 aromatic heterocycles. The third kappa shape index (κ3) is 3.15. The number of hydrogen-bond donors (Lipinski definition) is 2. The third-order valence-corrected chi connectivity index (χ3v) is 4.06. The summed E-state index contributed by atoms with van der Waals surface area (Å²) in [5.74, 6) is 0.491. The number of hydrogen-bond acceptors (Lipinski definition) is 4. The summed E-state index contributed by atoms with van der Waals surface area (Å²) in [6, 6.07) is 15.5. The summed E-state index contributed by atoms with van der Waals surface area (Å²) in [6.45, 7) is 2.03. The number of nitrogens with zero attached hydrogens (tertiary/aromatic N) is 2. The Labute approximate surface area is 140 Å². The molecular weight excluding hydrogens is 300 g/mol. The molecule has 1 heterocycles. The van der Waals surface area contributed by atoms with Gasteiger partial charge in [-0.2, -0.15) is 0 Å². The molecule has 3 N–H and O–H groups in total. The quantitative estimate of drug-likeness (QED) is 0.725. The molecular formula is C19H20N4O. The van der Waals surface area contributed by atoms with Crippen molar-refractivity contribution < 1.29 is 0 Å². The van der Waals surface area contributed by atoms with Gasteiger partial charge in [0.2, 0.25) is 5.95 Å². The molecule has 5 nitrogen and oxygen atoms in total. The van der Waals surface area contributed by atoms with E-state index in [9.17, 15) is 4.79 Å². The van der Waals surface area contributed by atoms with Crippen molar-refractivity contribution in [3.63, 3.8) is 0 Å². The van der Waals surface area contributed by atoms with E-state index >= 15 is 0 Å². The van der Waals surface area contributed by atoms with E-state index in [1.807, 2.05) is 49.2 Å². The Morgan fingerprint density at radius 1 is 1.12 bits per heavy atom. The van der Waals surface area contributed by atoms with Crippen molar-refractivity contribution in [1.29, 1.82) is 0 Å². The average molecular weight is 320 g/mol. The van der Waals surface area contributed by atoms with E-state index in [0.717, 1.165) is 22.5 Å². The lowest BCUT2D eigenvalue weighted by Crippen LogP contribution is -2.20. The van der Waals surface area contributed by atoms with Gasteiger partial charge in [0.25, 0.3) is 5.56 Å². The normalized spacial score (nSPS) is 10.6. The molecule has 0 spiro atoms. The molecule has 0 aliphatic rings. The fourth-order valence-electron chi connectivity index (χ4n) is 2.86. The van der Waals surface area contributed by atoms with Crippen LogP contribution in [-0.2, 0) is 6.42 Å². The fourth-order valence-corrected chi connectivity index (χ4v) is 2.86. The Bertz CT molecular complexity index is 903. The van der Waals surface area contributed by atoms with Crippen molar-refractivity contribution in [3.05, 3.63) is 81.8 Å². The van der Waals surface area contributed by atoms with Gasteiger partial charge in [-0.1, -0.05) is 36.4 Å². The van der Waals surface area contributed by atoms with Crippen LogP contribution in [0, 0.1) is 6.92 Å². The molecule has 24 heavy (non-hydrogen) atoms. The molecule has 5 heteroatoms. The SMILES string of the molecule is Cc1ccc(N)c(Cc2ccccc2)c1N(C)c1nccc(=O)[nH]1. The topological polar surface area (TPSA) is 75.0 Å². The summed E-state index contributed by atoms with van der Waals surface area (Å²) in [4.78, 5) is 20.5. The van der Waals surface area contributed by atoms with Crippen LogP contribution in [0.1, 0.15) is 16.7 Å². The second-order valence-corrected chi connectivity index (χ2v) is 5.78. The molecule has 2 aromatic carbocycles. The second kappa shape index (κ2) is 6.58. The zero-order valence-electron chi connectivity index (χ0n) is 13.8. The molecule has 3 rings (SSSR count). The Kier molecular flexibility index (Phi) is 4.33. The van der Waals surface area contributed by atoms with Gasteiger partial charge in [-0.25, -0.2) is 4.98 Å². The van der Waals surface area contributed by atoms with Crippen molar-refractivity contribution in [2.45, 2.75) is 13.3 Å². The summed E-state index contributed by atoms with van der Waals surface area (Å²) in [5.41, 5.74) is 11.1. The lowest BCUT2D eigenvalue weighted by molar-refractivity contribution is 1.00. The van der Waals surface area contributed by atoms with Gasteiger partial charge in [-0.3, -0.25) is 9.78 Å². The summed E-state index contributed by atoms with van der Waals surface area (Å²) in [6.07, 6.45) is 2.22. The Morgan fingerprint density at radius 3 is 2.58 bits per heavy atom. The third-order valence-electron chi connectivity index (χ3n) is 4.06. The van der Waals surface area contributed by atoms with E-state index in [4.69, 9.17) is 5.73 Å². The standard InChI is InChI=1S/C19H20N4O/c1-13-8-9-16(20)15(12-14-6-4-3-5-7-14)18(13)23(2)19-21-11-10-17(24)22-19/h3-11H,12,20H2,1-2H3,(H,21,22,24). The van der Waals surface area contributed by atoms with Crippen molar-refractivity contribution in [1.82, 2.24) is 9.97 Å². The molecule has 0 amide bonds. The zero-order chi connectivity index (χ0) is 17.1. The Hall–Kier alpha value is -3.08. The lowest BCUT2D eigenvalue weighted by atomic mass is 9.98. The highest BCUT2D eigenvalue weighted by Crippen LogP contribution is 2.33. The maximum Gasteiger partial charge on any atom is 0.252 e. The molecule has 122 valence electrons. The minimum atomic E-state index is -0.182. The van der Waals surface area contributed by atoms with E-state index in [-0.39, 0.29) is 5.56 Å². The van der Waals surface area contributed by atoms with Gasteiger partial charge < -0.3 is 10.6 Å². The number of nitrogen functional groups attached to an aromatic ring is 1. The molecule has 0 aliphatic heterocycles. The van der Waals surface area contributed by atoms with Crippen LogP contribution in [0.15, 0.2) is 59.5 Å². The van der Waals surface area contributed by atoms with E-state index in [1.165, 1.54) is 17.8 Å². The first kappa shape index (κ1) is 15.8. The van der Waals surface area contributed by atoms with Crippen molar-refractivity contribution >= 4 is 17.3 Å². The summed E-state index contributed by atoms with van der Waals surface area (Å²) in [7, 11) is 1.88. The van der Waals surface area contributed by atoms with Crippen LogP contribution in [0.25, 0.3) is 0 Å². The second-order valence-electron chi connectivity index (χ2n) is 5.78. The van der Waals surface area contributed by atoms with Gasteiger partial charge in [0.1, 0.15) is 0 Å². The first-order valence-corrected chi connectivity index (χ1v) is 7.77. The van der Waals surface area contributed by atoms with Crippen LogP contribution in [0.4, 0.5) is 17.3 Å². The highest BCUT2D eigenvalue weighted by atomic mass is 16.1. The van der Waals surface area contributed by atoms with E-state index in [2.05, 4.69) is 22.1 Å². The first-order chi connectivity index (χ1) is 11.6. The zero-order valence-corrected chi connectivity index (χ0v) is 13.8. The van der Waals surface area contributed by atoms with E-state index < -0.39 is 0 Å². The Balaban J connectivity index is 2.09. The number of benzene rings is 2. The van der Waals surface area contributed by atoms with E-state index in [1.54, 1.807) is 0 Å². The molecule has 0 saturated heterocycles. The van der Waals surface area contributed by atoms with Crippen molar-refractivity contribution in [3.8, 4) is 0 Å². The van der Waals surface area contributed by atoms with Crippen LogP contribution in [0.2, 0.25) is 0 Å². The molecule has 0 bridgehead atoms. The predicted molar refractivity (Wildman–Crippen MR) is 97.8 cm³/mol. The fraction of sp³-hybridized carbons (Fsp3) is 0.158. The molecule has 0 unspecified atom stereocenters. The van der Waals surface area contributed by atoms with Crippen molar-refractivity contribution in [2.75, 3.05) is 17.7 Å². The number of anilines is 3. The smallest absolute Gasteiger partial charge is 0.252 e. The van der Waals surface area contributed by atoms with Crippen LogP contribution < -0.4 is 16.2 Å². The van der Waals surface area contributed by atoms with Crippen molar-refractivity contribution in [2.24, 2.45) is 0 Å². The lowest BCUT2D eigenvalue weighted by Gasteiger charge is -2.24. The van der Waals surface area contributed by atoms with Gasteiger partial charge in [0.15, 0.2) is 0 Å². The highest BCUT2D eigenvalue weighted by molar-refractivity contribution is 5.73. The predicted octanol–water partition coefficient (Wildman–Crippen LogP) is 3.02. The first-order valence-electron chi connectivity index (χ1n) is 7.77. The molecule has 0 saturated carbocycles. The number of nitrogens with one attached hydrogen (secondary N) is 1. The molecule has 0 atom stereocenters. The van der Waals surface area contributed by atoms with Crippen LogP contribution in [0.5, 0.6) is 0 Å². The van der Waals surface area contributed by atoms with Crippen LogP contribution in [0.3, 0.4) is 0 Å². The van der Waals surface area contributed by atoms with Gasteiger partial charge in [-0.15, -0.1) is 0 Å². The van der Waals surface area contributed by atoms with Gasteiger partial charge in [0, 0.05) is 37.0 Å². The number of nitrogens with two attached hydrogens (primary N) is 1. The largest absolute Gasteiger partial charge is 0.398 e. The Morgan fingerprint density at radius 2 is 1.88 bits per heavy atom. The monoisotopic (exact) mass is 320 g/mol. The average Bonchev–Trinajstić information content (AvgIpc) is 2.59. The molecule has 0 radical (unpaired) electrons. The molecule has 0 fully saturated rings. The molecule has 3 aromatic rings. The minimum Gasteiger partial charge on any atom is -0.398 e. The number of aryl methyl sites for hydroxylation is 1. The summed E-state index contributed by atoms with van der Waals surface area (Å²) < 4.78 is 0. The minimum absolute atomic E-state index is 0.182. The number of aromatic nitrogens is 2. The maximum absolute atomic E-state index is 11.6.